The van der Waals surface area contributed by atoms with Gasteiger partial charge in [0.05, 0.1) is 18.7 Å². The largest absolute Gasteiger partial charge is 0.392 e. The van der Waals surface area contributed by atoms with Crippen LogP contribution in [0.15, 0.2) is 47.4 Å². The van der Waals surface area contributed by atoms with Crippen molar-refractivity contribution in [1.29, 1.82) is 0 Å². The minimum absolute atomic E-state index is 0. The van der Waals surface area contributed by atoms with Crippen LogP contribution in [0.1, 0.15) is 12.0 Å². The number of hydrogen-bond acceptors (Lipinski definition) is 4. The van der Waals surface area contributed by atoms with Crippen molar-refractivity contribution >= 4 is 24.0 Å². The molecule has 2 unspecified atom stereocenters. The molecule has 1 aromatic carbocycles. The first-order valence-electron chi connectivity index (χ1n) is 7.69. The number of halogens is 2. The molecule has 2 atom stereocenters. The summed E-state index contributed by atoms with van der Waals surface area (Å²) in [6, 6.07) is 8.58. The number of benzene rings is 1. The van der Waals surface area contributed by atoms with E-state index in [2.05, 4.69) is 10.6 Å². The van der Waals surface area contributed by atoms with Crippen molar-refractivity contribution in [1.82, 2.24) is 9.88 Å². The van der Waals surface area contributed by atoms with Crippen LogP contribution in [0, 0.1) is 5.82 Å². The number of aromatic nitrogens is 1. The fourth-order valence-corrected chi connectivity index (χ4v) is 2.68. The standard InChI is InChI=1S/C17H18FN3O3.ClH/c18-12-5-3-11(4-6-12)10-21-7-1-2-14(17(21)24)20-16(23)15-8-13(22)9-19-15;/h1-7,13,15,19,22H,8-10H2,(H,20,23);1H. The van der Waals surface area contributed by atoms with Gasteiger partial charge in [0.2, 0.25) is 5.91 Å². The van der Waals surface area contributed by atoms with E-state index in [9.17, 15) is 19.1 Å². The van der Waals surface area contributed by atoms with Crippen molar-refractivity contribution in [2.24, 2.45) is 0 Å². The maximum Gasteiger partial charge on any atom is 0.274 e. The number of aliphatic hydroxyl groups excluding tert-OH is 1. The van der Waals surface area contributed by atoms with Crippen LogP contribution in [0.5, 0.6) is 0 Å². The normalized spacial score (nSPS) is 19.3. The lowest BCUT2D eigenvalue weighted by Crippen LogP contribution is -2.37. The highest BCUT2D eigenvalue weighted by atomic mass is 35.5. The number of carbonyl (C=O) groups excluding carboxylic acids is 1. The predicted molar refractivity (Wildman–Crippen MR) is 94.5 cm³/mol. The van der Waals surface area contributed by atoms with Gasteiger partial charge < -0.3 is 20.3 Å². The van der Waals surface area contributed by atoms with Crippen LogP contribution in [0.2, 0.25) is 0 Å². The highest BCUT2D eigenvalue weighted by Gasteiger charge is 2.28. The van der Waals surface area contributed by atoms with Crippen molar-refractivity contribution in [2.45, 2.75) is 25.1 Å². The van der Waals surface area contributed by atoms with E-state index in [0.29, 0.717) is 13.0 Å². The Hall–Kier alpha value is -2.22. The van der Waals surface area contributed by atoms with Gasteiger partial charge in [-0.2, -0.15) is 0 Å². The average molecular weight is 368 g/mol. The quantitative estimate of drug-likeness (QED) is 0.756. The zero-order valence-corrected chi connectivity index (χ0v) is 14.1. The molecule has 8 heteroatoms. The summed E-state index contributed by atoms with van der Waals surface area (Å²) in [6.07, 6.45) is 1.38. The summed E-state index contributed by atoms with van der Waals surface area (Å²) in [5, 5.41) is 15.0. The van der Waals surface area contributed by atoms with Crippen molar-refractivity contribution < 1.29 is 14.3 Å². The van der Waals surface area contributed by atoms with Crippen LogP contribution in [-0.2, 0) is 11.3 Å². The zero-order chi connectivity index (χ0) is 17.1. The van der Waals surface area contributed by atoms with Crippen LogP contribution in [0.25, 0.3) is 0 Å². The molecule has 2 heterocycles. The molecule has 3 N–H and O–H groups in total. The number of aliphatic hydroxyl groups is 1. The van der Waals surface area contributed by atoms with Crippen molar-refractivity contribution in [2.75, 3.05) is 11.9 Å². The Morgan fingerprint density at radius 1 is 1.32 bits per heavy atom. The van der Waals surface area contributed by atoms with Crippen molar-refractivity contribution in [3.63, 3.8) is 0 Å². The minimum atomic E-state index is -0.549. The average Bonchev–Trinajstić information content (AvgIpc) is 3.00. The summed E-state index contributed by atoms with van der Waals surface area (Å²) < 4.78 is 14.4. The predicted octanol–water partition coefficient (Wildman–Crippen LogP) is 1.12. The second-order valence-electron chi connectivity index (χ2n) is 5.82. The number of amides is 1. The lowest BCUT2D eigenvalue weighted by molar-refractivity contribution is -0.117. The van der Waals surface area contributed by atoms with E-state index in [0.717, 1.165) is 5.56 Å². The smallest absolute Gasteiger partial charge is 0.274 e. The molecule has 0 saturated carbocycles. The van der Waals surface area contributed by atoms with Gasteiger partial charge in [-0.1, -0.05) is 12.1 Å². The van der Waals surface area contributed by atoms with Crippen LogP contribution >= 0.6 is 12.4 Å². The third kappa shape index (κ3) is 4.66. The summed E-state index contributed by atoms with van der Waals surface area (Å²) in [6.45, 7) is 0.644. The molecule has 0 aliphatic carbocycles. The first-order chi connectivity index (χ1) is 11.5. The topological polar surface area (TPSA) is 83.4 Å². The Labute approximate surface area is 150 Å². The number of nitrogens with one attached hydrogen (secondary N) is 2. The van der Waals surface area contributed by atoms with Gasteiger partial charge >= 0.3 is 0 Å². The van der Waals surface area contributed by atoms with Gasteiger partial charge in [-0.3, -0.25) is 9.59 Å². The van der Waals surface area contributed by atoms with E-state index < -0.39 is 12.1 Å². The Kier molecular flexibility index (Phi) is 6.30. The summed E-state index contributed by atoms with van der Waals surface area (Å²) in [4.78, 5) is 24.6. The molecular formula is C17H19ClFN3O3. The Morgan fingerprint density at radius 3 is 2.68 bits per heavy atom. The first kappa shape index (κ1) is 19.1. The van der Waals surface area contributed by atoms with Gasteiger partial charge in [-0.25, -0.2) is 4.39 Å². The third-order valence-electron chi connectivity index (χ3n) is 3.97. The van der Waals surface area contributed by atoms with Gasteiger partial charge in [0.25, 0.3) is 5.56 Å². The molecule has 0 radical (unpaired) electrons. The number of β-amino-alcohol motifs (C(OH)–C–C–N with tert-alkyl or cyclic N) is 1. The second-order valence-corrected chi connectivity index (χ2v) is 5.82. The SMILES string of the molecule is Cl.O=C(Nc1cccn(Cc2ccc(F)cc2)c1=O)C1CC(O)CN1. The van der Waals surface area contributed by atoms with Gasteiger partial charge in [-0.15, -0.1) is 12.4 Å². The molecule has 1 aliphatic heterocycles. The number of anilines is 1. The van der Waals surface area contributed by atoms with Crippen LogP contribution in [-0.4, -0.2) is 34.3 Å². The van der Waals surface area contributed by atoms with E-state index in [1.54, 1.807) is 24.4 Å². The summed E-state index contributed by atoms with van der Waals surface area (Å²) in [5.41, 5.74) is 0.615. The molecule has 1 saturated heterocycles. The van der Waals surface area contributed by atoms with Gasteiger partial charge in [0, 0.05) is 12.7 Å². The van der Waals surface area contributed by atoms with E-state index in [-0.39, 0.29) is 41.9 Å². The third-order valence-corrected chi connectivity index (χ3v) is 3.97. The highest BCUT2D eigenvalue weighted by Crippen LogP contribution is 2.10. The minimum Gasteiger partial charge on any atom is -0.392 e. The van der Waals surface area contributed by atoms with E-state index >= 15 is 0 Å². The number of rotatable bonds is 4. The maximum atomic E-state index is 12.9. The molecule has 1 aromatic heterocycles. The van der Waals surface area contributed by atoms with Gasteiger partial charge in [-0.05, 0) is 36.2 Å². The van der Waals surface area contributed by atoms with Crippen LogP contribution < -0.4 is 16.2 Å². The summed E-state index contributed by atoms with van der Waals surface area (Å²) in [7, 11) is 0. The van der Waals surface area contributed by atoms with E-state index in [1.165, 1.54) is 22.8 Å². The fourth-order valence-electron chi connectivity index (χ4n) is 2.68. The summed E-state index contributed by atoms with van der Waals surface area (Å²) in [5.74, 6) is -0.679. The molecule has 134 valence electrons. The first-order valence-corrected chi connectivity index (χ1v) is 7.69. The van der Waals surface area contributed by atoms with Crippen molar-refractivity contribution in [3.8, 4) is 0 Å². The summed E-state index contributed by atoms with van der Waals surface area (Å²) >= 11 is 0. The van der Waals surface area contributed by atoms with E-state index in [1.807, 2.05) is 0 Å². The Bertz CT molecular complexity index is 794. The molecule has 1 amide bonds. The molecule has 2 aromatic rings. The van der Waals surface area contributed by atoms with Gasteiger partial charge in [0.15, 0.2) is 0 Å². The molecular weight excluding hydrogens is 349 g/mol. The van der Waals surface area contributed by atoms with Crippen LogP contribution in [0.4, 0.5) is 10.1 Å². The molecule has 1 aliphatic rings. The van der Waals surface area contributed by atoms with E-state index in [4.69, 9.17) is 0 Å². The fraction of sp³-hybridized carbons (Fsp3) is 0.294. The lowest BCUT2D eigenvalue weighted by Gasteiger charge is -2.12. The van der Waals surface area contributed by atoms with Crippen molar-refractivity contribution in [3.05, 3.63) is 64.3 Å². The number of pyridine rings is 1. The molecule has 6 nitrogen and oxygen atoms in total. The Balaban J connectivity index is 0.00000225. The lowest BCUT2D eigenvalue weighted by atomic mass is 10.2. The number of carbonyl (C=O) groups is 1. The monoisotopic (exact) mass is 367 g/mol. The zero-order valence-electron chi connectivity index (χ0n) is 13.3. The molecule has 0 spiro atoms. The number of hydrogen-bond donors (Lipinski definition) is 3. The molecule has 0 bridgehead atoms. The number of nitrogens with zero attached hydrogens (tertiary/aromatic N) is 1. The Morgan fingerprint density at radius 2 is 2.04 bits per heavy atom. The maximum absolute atomic E-state index is 12.9. The second kappa shape index (κ2) is 8.24. The molecule has 3 rings (SSSR count). The highest BCUT2D eigenvalue weighted by molar-refractivity contribution is 5.94. The molecule has 25 heavy (non-hydrogen) atoms. The van der Waals surface area contributed by atoms with Crippen LogP contribution in [0.3, 0.4) is 0 Å². The van der Waals surface area contributed by atoms with Gasteiger partial charge in [0.1, 0.15) is 11.5 Å². The molecule has 1 fully saturated rings.